The number of fused-ring (bicyclic) bond motifs is 3. The first kappa shape index (κ1) is 29.9. The summed E-state index contributed by atoms with van der Waals surface area (Å²) >= 11 is -4.11. The number of benzene rings is 3. The molecule has 3 aromatic carbocycles. The van der Waals surface area contributed by atoms with Crippen LogP contribution in [0.1, 0.15) is 105 Å². The predicted octanol–water partition coefficient (Wildman–Crippen LogP) is 11.9. The topological polar surface area (TPSA) is 0 Å². The first-order valence-electron chi connectivity index (χ1n) is 16.6. The van der Waals surface area contributed by atoms with E-state index in [1.807, 2.05) is 3.21 Å². The molecule has 0 nitrogen and oxygen atoms in total. The van der Waals surface area contributed by atoms with E-state index in [2.05, 4.69) is 142 Å². The Labute approximate surface area is 257 Å². The zero-order valence-corrected chi connectivity index (χ0v) is 29.9. The molecule has 0 saturated heterocycles. The Kier molecular flexibility index (Phi) is 7.49. The number of allylic oxidation sites excluding steroid dienone is 4. The normalized spacial score (nSPS) is 18.4. The summed E-state index contributed by atoms with van der Waals surface area (Å²) in [5.74, 6) is 0.674. The fourth-order valence-electron chi connectivity index (χ4n) is 9.05. The van der Waals surface area contributed by atoms with Crippen molar-refractivity contribution >= 4 is 3.21 Å². The molecule has 0 aromatic heterocycles. The van der Waals surface area contributed by atoms with Gasteiger partial charge in [-0.1, -0.05) is 0 Å². The van der Waals surface area contributed by atoms with Gasteiger partial charge in [0.15, 0.2) is 0 Å². The summed E-state index contributed by atoms with van der Waals surface area (Å²) in [4.78, 5) is 0. The van der Waals surface area contributed by atoms with Crippen molar-refractivity contribution in [3.8, 4) is 11.1 Å². The average Bonchev–Trinajstić information content (AvgIpc) is 3.61. The average molecular weight is 636 g/mol. The van der Waals surface area contributed by atoms with Crippen molar-refractivity contribution in [2.45, 2.75) is 101 Å². The van der Waals surface area contributed by atoms with Crippen molar-refractivity contribution < 1.29 is 18.3 Å². The van der Waals surface area contributed by atoms with Gasteiger partial charge in [0.1, 0.15) is 0 Å². The van der Waals surface area contributed by atoms with Crippen LogP contribution in [0, 0.1) is 5.92 Å². The Morgan fingerprint density at radius 1 is 0.643 bits per heavy atom. The molecule has 0 heterocycles. The summed E-state index contributed by atoms with van der Waals surface area (Å²) in [6.45, 7) is 14.2. The van der Waals surface area contributed by atoms with Crippen LogP contribution in [0.2, 0.25) is 12.9 Å². The van der Waals surface area contributed by atoms with Gasteiger partial charge in [0.2, 0.25) is 0 Å². The monoisotopic (exact) mass is 634 g/mol. The quantitative estimate of drug-likeness (QED) is 0.268. The van der Waals surface area contributed by atoms with E-state index in [4.69, 9.17) is 0 Å². The molecule has 3 aliphatic rings. The standard InChI is InChI=1S/C21H25.C13H16.C5H5.2CH3.Zr/c1-20(2,3)16-7-9-18-14(12-16)11-15-13-17(21(4,5)6)8-10-19(15)18;1-3-7-12(8-4-1)11-13-9-5-2-6-10-13;1-2-4-5-3-1;;;/h7-13H,1-6H3;1,3-4,7-8,13H,2,5-6,9-10H2;1-5H;2*1H3;. The maximum atomic E-state index is 2.86. The molecule has 42 heavy (non-hydrogen) atoms. The molecular formula is C41H52Zr. The van der Waals surface area contributed by atoms with Crippen LogP contribution in [-0.2, 0) is 29.1 Å². The SMILES string of the molecule is CC(C)(C)c1ccc2c(c1)[CH]([Zr]([CH3])([CH3])(=[C](c1ccccc1)C1CCCCC1)[CH]1C=CC=C1)c1cc(C(C)(C)C)ccc1-2. The molecule has 3 aromatic rings. The van der Waals surface area contributed by atoms with Crippen LogP contribution in [0.25, 0.3) is 11.1 Å². The van der Waals surface area contributed by atoms with Crippen LogP contribution < -0.4 is 0 Å². The fourth-order valence-corrected chi connectivity index (χ4v) is 27.5. The van der Waals surface area contributed by atoms with Crippen molar-refractivity contribution in [3.63, 3.8) is 0 Å². The van der Waals surface area contributed by atoms with Gasteiger partial charge in [0.25, 0.3) is 0 Å². The molecule has 3 aliphatic carbocycles. The molecule has 0 atom stereocenters. The second-order valence-corrected chi connectivity index (χ2v) is 33.8. The molecule has 0 unspecified atom stereocenters. The molecular weight excluding hydrogens is 584 g/mol. The summed E-state index contributed by atoms with van der Waals surface area (Å²) < 4.78 is 8.55. The van der Waals surface area contributed by atoms with E-state index in [0.717, 1.165) is 0 Å². The summed E-state index contributed by atoms with van der Waals surface area (Å²) in [6, 6.07) is 26.8. The van der Waals surface area contributed by atoms with Crippen molar-refractivity contribution in [2.24, 2.45) is 5.92 Å². The van der Waals surface area contributed by atoms with Crippen LogP contribution in [0.5, 0.6) is 0 Å². The summed E-state index contributed by atoms with van der Waals surface area (Å²) in [5, 5.41) is 0. The molecule has 6 rings (SSSR count). The Bertz CT molecular complexity index is 1540. The molecule has 220 valence electrons. The Hall–Kier alpha value is -2.11. The van der Waals surface area contributed by atoms with E-state index in [0.29, 0.717) is 13.2 Å². The molecule has 1 fully saturated rings. The van der Waals surface area contributed by atoms with Gasteiger partial charge in [0.05, 0.1) is 0 Å². The minimum absolute atomic E-state index is 0.111. The van der Waals surface area contributed by atoms with Gasteiger partial charge >= 0.3 is 258 Å². The Balaban J connectivity index is 1.79. The van der Waals surface area contributed by atoms with E-state index in [1.54, 1.807) is 11.1 Å². The van der Waals surface area contributed by atoms with Gasteiger partial charge in [0, 0.05) is 0 Å². The minimum atomic E-state index is -4.11. The molecule has 0 N–H and O–H groups in total. The summed E-state index contributed by atoms with van der Waals surface area (Å²) in [6.07, 6.45) is 16.7. The van der Waals surface area contributed by atoms with E-state index in [1.165, 1.54) is 59.9 Å². The zero-order chi connectivity index (χ0) is 29.9. The number of hydrogen-bond donors (Lipinski definition) is 0. The molecule has 0 spiro atoms. The van der Waals surface area contributed by atoms with Crippen LogP contribution in [0.3, 0.4) is 0 Å². The van der Waals surface area contributed by atoms with Gasteiger partial charge < -0.3 is 0 Å². The first-order chi connectivity index (χ1) is 19.8. The van der Waals surface area contributed by atoms with E-state index in [9.17, 15) is 0 Å². The van der Waals surface area contributed by atoms with Crippen molar-refractivity contribution in [2.75, 3.05) is 0 Å². The van der Waals surface area contributed by atoms with Gasteiger partial charge in [-0.3, -0.25) is 0 Å². The van der Waals surface area contributed by atoms with Gasteiger partial charge in [-0.05, 0) is 0 Å². The molecule has 0 bridgehead atoms. The number of hydrogen-bond acceptors (Lipinski definition) is 0. The summed E-state index contributed by atoms with van der Waals surface area (Å²) in [5.41, 5.74) is 10.9. The predicted molar refractivity (Wildman–Crippen MR) is 182 cm³/mol. The maximum absolute atomic E-state index is 4.11. The third-order valence-electron chi connectivity index (χ3n) is 11.4. The molecule has 0 radical (unpaired) electrons. The van der Waals surface area contributed by atoms with Crippen molar-refractivity contribution in [3.05, 3.63) is 119 Å². The fraction of sp³-hybridized carbons (Fsp3) is 0.439. The Morgan fingerprint density at radius 3 is 1.62 bits per heavy atom. The third-order valence-corrected chi connectivity index (χ3v) is 29.1. The van der Waals surface area contributed by atoms with Crippen molar-refractivity contribution in [1.82, 2.24) is 0 Å². The van der Waals surface area contributed by atoms with E-state index < -0.39 is 18.3 Å². The van der Waals surface area contributed by atoms with Crippen molar-refractivity contribution in [1.29, 1.82) is 0 Å². The van der Waals surface area contributed by atoms with Gasteiger partial charge in [-0.25, -0.2) is 0 Å². The first-order valence-corrected chi connectivity index (χ1v) is 25.5. The van der Waals surface area contributed by atoms with E-state index >= 15 is 0 Å². The third kappa shape index (κ3) is 4.87. The summed E-state index contributed by atoms with van der Waals surface area (Å²) in [7, 11) is 0. The molecule has 0 aliphatic heterocycles. The van der Waals surface area contributed by atoms with E-state index in [-0.39, 0.29) is 10.8 Å². The van der Waals surface area contributed by atoms with Crippen LogP contribution >= 0.6 is 0 Å². The Morgan fingerprint density at radius 2 is 1.14 bits per heavy atom. The molecule has 1 heteroatoms. The zero-order valence-electron chi connectivity index (χ0n) is 27.4. The van der Waals surface area contributed by atoms with Crippen LogP contribution in [-0.4, -0.2) is 3.21 Å². The van der Waals surface area contributed by atoms with Gasteiger partial charge in [-0.2, -0.15) is 0 Å². The van der Waals surface area contributed by atoms with Crippen LogP contribution in [0.4, 0.5) is 0 Å². The second kappa shape index (κ2) is 10.5. The van der Waals surface area contributed by atoms with Crippen LogP contribution in [0.15, 0.2) is 91.0 Å². The van der Waals surface area contributed by atoms with Gasteiger partial charge in [-0.15, -0.1) is 0 Å². The second-order valence-electron chi connectivity index (χ2n) is 16.6. The molecule has 1 saturated carbocycles. The number of rotatable bonds is 4. The molecule has 0 amide bonds.